The Labute approximate surface area is 596 Å². The summed E-state index contributed by atoms with van der Waals surface area (Å²) >= 11 is 0. The van der Waals surface area contributed by atoms with Crippen molar-refractivity contribution in [1.29, 1.82) is 0 Å². The predicted molar refractivity (Wildman–Crippen MR) is 385 cm³/mol. The molecular weight excluding hydrogens is 1340 g/mol. The van der Waals surface area contributed by atoms with Crippen LogP contribution in [0.5, 0.6) is 0 Å². The summed E-state index contributed by atoms with van der Waals surface area (Å²) in [6.45, 7) is 15.2. The molecule has 4 atom stereocenters. The van der Waals surface area contributed by atoms with Crippen molar-refractivity contribution < 1.29 is 85.3 Å². The van der Waals surface area contributed by atoms with Crippen molar-refractivity contribution in [3.63, 3.8) is 0 Å². The number of unbranched alkanes of at least 4 members (excludes halogenated alkanes) is 3. The third kappa shape index (κ3) is 27.9. The molecule has 0 fully saturated rings. The van der Waals surface area contributed by atoms with E-state index in [1.807, 2.05) is 55.5 Å². The van der Waals surface area contributed by atoms with Gasteiger partial charge in [-0.2, -0.15) is 8.78 Å². The number of Topliss-reactive ketones (excluding diaryl/α,β-unsaturated/α-hetero) is 4. The molecule has 0 heterocycles. The first-order chi connectivity index (χ1) is 48.6. The number of benzene rings is 5. The quantitative estimate of drug-likeness (QED) is 0.00778. The summed E-state index contributed by atoms with van der Waals surface area (Å²) in [4.78, 5) is 135. The predicted octanol–water partition coefficient (Wildman–Crippen LogP) is 11.5. The number of alkyl carbamates (subject to hydrolysis) is 3. The highest BCUT2D eigenvalue weighted by atomic mass is 31.2. The maximum Gasteiger partial charge on any atom is 0.407 e. The number of hydrogen-bond donors (Lipinski definition) is 9. The van der Waals surface area contributed by atoms with Crippen molar-refractivity contribution in [2.75, 3.05) is 46.5 Å². The monoisotopic (exact) mass is 1440 g/mol. The van der Waals surface area contributed by atoms with E-state index in [9.17, 15) is 61.3 Å². The fourth-order valence-corrected chi connectivity index (χ4v) is 12.0. The van der Waals surface area contributed by atoms with E-state index in [0.717, 1.165) is 47.2 Å². The first kappa shape index (κ1) is 85.1. The molecule has 2 aliphatic carbocycles. The van der Waals surface area contributed by atoms with Crippen LogP contribution < -0.4 is 37.6 Å². The zero-order valence-corrected chi connectivity index (χ0v) is 60.2. The number of fused-ring (bicyclic) bond motifs is 6. The highest BCUT2D eigenvalue weighted by Crippen LogP contribution is 2.59. The number of carbonyl (C=O) groups excluding carboxylic acids is 10. The molecule has 0 saturated carbocycles. The molecular formula is C76H100F2N7O16P. The summed E-state index contributed by atoms with van der Waals surface area (Å²) in [7, 11) is -4.14. The highest BCUT2D eigenvalue weighted by molar-refractivity contribution is 7.52. The molecule has 7 rings (SSSR count). The SMILES string of the molecule is C=CCOC(=O)NCCCCC(NC(=O)OCC1c2ccccc2-c2ccccc21)C(=O)CC.CCC(=O)C(CCCCNC(C)=O)NC(=O)C(CC(C)=O)Cc1ccc(C(F)(F)P(=O)(O)O)cc1.CCC(=O)C(N)CCCCNC(C)=O.CNC(=O)OCC1c2ccccc2-c2ccccc21. The summed E-state index contributed by atoms with van der Waals surface area (Å²) in [6.07, 6.45) is 6.71. The summed E-state index contributed by atoms with van der Waals surface area (Å²) in [5.41, 5.74) is 10.4. The Kier molecular flexibility index (Phi) is 36.9. The van der Waals surface area contributed by atoms with Crippen molar-refractivity contribution in [2.45, 2.75) is 167 Å². The van der Waals surface area contributed by atoms with E-state index in [4.69, 9.17) is 29.7 Å². The van der Waals surface area contributed by atoms with Gasteiger partial charge in [-0.25, -0.2) is 14.4 Å². The molecule has 0 bridgehead atoms. The van der Waals surface area contributed by atoms with Gasteiger partial charge in [-0.15, -0.1) is 0 Å². The van der Waals surface area contributed by atoms with Crippen LogP contribution >= 0.6 is 7.60 Å². The van der Waals surface area contributed by atoms with E-state index in [1.54, 1.807) is 20.9 Å². The maximum atomic E-state index is 13.9. The van der Waals surface area contributed by atoms with Gasteiger partial charge in [0.2, 0.25) is 17.7 Å². The molecule has 102 heavy (non-hydrogen) atoms. The van der Waals surface area contributed by atoms with E-state index in [0.29, 0.717) is 89.6 Å². The van der Waals surface area contributed by atoms with Crippen molar-refractivity contribution in [2.24, 2.45) is 11.7 Å². The van der Waals surface area contributed by atoms with Crippen LogP contribution in [-0.2, 0) is 64.4 Å². The van der Waals surface area contributed by atoms with Crippen molar-refractivity contribution in [1.82, 2.24) is 31.9 Å². The number of carbonyl (C=O) groups is 10. The van der Waals surface area contributed by atoms with E-state index >= 15 is 0 Å². The van der Waals surface area contributed by atoms with Gasteiger partial charge in [0.25, 0.3) is 0 Å². The van der Waals surface area contributed by atoms with E-state index < -0.39 is 54.9 Å². The maximum absolute atomic E-state index is 13.9. The standard InChI is InChI=1S/C27H32N2O5.C23H33F2N2O7P.C16H15NO2.C10H20N2O2/c1-3-17-33-26(31)28-16-10-9-15-24(25(30)4-2)29-27(32)34-18-23-21-13-7-5-11-19(21)20-12-6-8-14-22(20)23;1-4-21(30)20(7-5-6-12-26-16(3)29)27-22(31)18(13-15(2)28)14-17-8-10-19(11-9-17)23(24,25)35(32,33)34;1-17-16(18)19-10-15-13-8-4-2-6-11(13)12-7-3-5-9-14(12)15;1-3-10(14)9(11)6-4-5-7-12-8(2)13/h3,5-8,11-14,23-24H,1,4,9-10,15-18H2,2H3,(H,28,31)(H,29,32);8-11,18,20H,4-7,12-14H2,1-3H3,(H,26,29)(H,27,31)(H2,32,33,34);2-9,15H,10H2,1H3,(H,17,18);9H,3-7,11H2,1-2H3,(H,12,13). The lowest BCUT2D eigenvalue weighted by Crippen LogP contribution is -2.44. The fourth-order valence-electron chi connectivity index (χ4n) is 11.5. The smallest absolute Gasteiger partial charge is 0.407 e. The Bertz CT molecular complexity index is 3570. The molecule has 0 radical (unpaired) electrons. The lowest BCUT2D eigenvalue weighted by molar-refractivity contribution is -0.132. The topological polar surface area (TPSA) is 354 Å². The molecule has 5 aromatic rings. The van der Waals surface area contributed by atoms with Crippen LogP contribution in [0.25, 0.3) is 22.3 Å². The van der Waals surface area contributed by atoms with Crippen molar-refractivity contribution in [3.8, 4) is 22.3 Å². The Morgan fingerprint density at radius 3 is 1.34 bits per heavy atom. The molecule has 0 aliphatic heterocycles. The Morgan fingerprint density at radius 2 is 0.951 bits per heavy atom. The van der Waals surface area contributed by atoms with Crippen LogP contribution in [-0.4, -0.2) is 134 Å². The largest absolute Gasteiger partial charge is 0.449 e. The second-order valence-corrected chi connectivity index (χ2v) is 26.2. The summed E-state index contributed by atoms with van der Waals surface area (Å²) < 4.78 is 54.5. The summed E-state index contributed by atoms with van der Waals surface area (Å²) in [5.74, 6) is -1.87. The van der Waals surface area contributed by atoms with Gasteiger partial charge >= 0.3 is 31.5 Å². The van der Waals surface area contributed by atoms with Gasteiger partial charge in [0.05, 0.1) is 18.1 Å². The number of nitrogens with one attached hydrogen (secondary N) is 6. The number of alkyl halides is 2. The molecule has 26 heteroatoms. The minimum absolute atomic E-state index is 0.00272. The molecule has 554 valence electrons. The summed E-state index contributed by atoms with van der Waals surface area (Å²) in [6, 6.07) is 35.3. The molecule has 0 aromatic heterocycles. The highest BCUT2D eigenvalue weighted by Gasteiger charge is 2.50. The molecule has 5 aromatic carbocycles. The van der Waals surface area contributed by atoms with Gasteiger partial charge in [-0.1, -0.05) is 155 Å². The van der Waals surface area contributed by atoms with Crippen molar-refractivity contribution >= 4 is 66.7 Å². The number of rotatable bonds is 36. The molecule has 10 N–H and O–H groups in total. The number of ether oxygens (including phenoxy) is 3. The van der Waals surface area contributed by atoms with Crippen LogP contribution in [0.3, 0.4) is 0 Å². The molecule has 6 amide bonds. The van der Waals surface area contributed by atoms with E-state index in [2.05, 4.69) is 87.0 Å². The van der Waals surface area contributed by atoms with Crippen LogP contribution in [0.2, 0.25) is 0 Å². The lowest BCUT2D eigenvalue weighted by atomic mass is 9.92. The minimum atomic E-state index is -5.71. The number of hydrogen-bond acceptors (Lipinski definition) is 15. The average Bonchev–Trinajstić information content (AvgIpc) is 1.51. The number of amides is 6. The minimum Gasteiger partial charge on any atom is -0.449 e. The summed E-state index contributed by atoms with van der Waals surface area (Å²) in [5, 5.41) is 15.9. The van der Waals surface area contributed by atoms with Crippen LogP contribution in [0, 0.1) is 5.92 Å². The van der Waals surface area contributed by atoms with Gasteiger partial charge in [-0.05, 0) is 121 Å². The second kappa shape index (κ2) is 44.2. The third-order valence-electron chi connectivity index (χ3n) is 16.9. The Morgan fingerprint density at radius 1 is 0.549 bits per heavy atom. The third-order valence-corrected chi connectivity index (χ3v) is 17.9. The molecule has 23 nitrogen and oxygen atoms in total. The zero-order valence-electron chi connectivity index (χ0n) is 59.3. The van der Waals surface area contributed by atoms with Crippen LogP contribution in [0.15, 0.2) is 134 Å². The van der Waals surface area contributed by atoms with Crippen LogP contribution in [0.4, 0.5) is 23.2 Å². The molecule has 2 aliphatic rings. The molecule has 0 saturated heterocycles. The van der Waals surface area contributed by atoms with Crippen molar-refractivity contribution in [3.05, 3.63) is 167 Å². The number of nitrogens with two attached hydrogens (primary N) is 1. The van der Waals surface area contributed by atoms with E-state index in [-0.39, 0.29) is 91.4 Å². The molecule has 4 unspecified atom stereocenters. The number of halogens is 2. The Hall–Kier alpha value is -9.29. The van der Waals surface area contributed by atoms with Gasteiger partial charge in [0.15, 0.2) is 11.6 Å². The normalized spacial score (nSPS) is 12.9. The first-order valence-corrected chi connectivity index (χ1v) is 36.0. The van der Waals surface area contributed by atoms with Crippen LogP contribution in [0.1, 0.15) is 170 Å². The van der Waals surface area contributed by atoms with Gasteiger partial charge in [0, 0.05) is 89.5 Å². The fraction of sp³-hybridized carbons (Fsp3) is 0.447. The first-order valence-electron chi connectivity index (χ1n) is 34.4. The second-order valence-electron chi connectivity index (χ2n) is 24.6. The lowest BCUT2D eigenvalue weighted by Gasteiger charge is -2.22. The number of ketones is 4. The van der Waals surface area contributed by atoms with Gasteiger partial charge in [-0.3, -0.25) is 33.3 Å². The van der Waals surface area contributed by atoms with Gasteiger partial charge in [0.1, 0.15) is 31.4 Å². The average molecular weight is 1440 g/mol. The van der Waals surface area contributed by atoms with Gasteiger partial charge < -0.3 is 66.4 Å². The zero-order chi connectivity index (χ0) is 75.4. The molecule has 0 spiro atoms. The van der Waals surface area contributed by atoms with E-state index in [1.165, 1.54) is 61.2 Å². The Balaban J connectivity index is 0.000000305.